The average molecular weight is 904 g/mol. The van der Waals surface area contributed by atoms with Gasteiger partial charge >= 0.3 is 0 Å². The second kappa shape index (κ2) is 14.6. The Morgan fingerprint density at radius 3 is 2.25 bits per heavy atom. The van der Waals surface area contributed by atoms with E-state index in [1.807, 2.05) is 60.8 Å². The van der Waals surface area contributed by atoms with Crippen molar-refractivity contribution in [3.8, 4) is 22.5 Å². The van der Waals surface area contributed by atoms with Gasteiger partial charge in [0.2, 0.25) is 0 Å². The molecule has 0 saturated carbocycles. The van der Waals surface area contributed by atoms with Gasteiger partial charge in [-0.05, 0) is 56.0 Å². The molecule has 265 valence electrons. The summed E-state index contributed by atoms with van der Waals surface area (Å²) in [6.45, 7) is 9.21. The Kier molecular flexibility index (Phi) is 9.07. The maximum absolute atomic E-state index is 7.95. The van der Waals surface area contributed by atoms with Gasteiger partial charge in [-0.15, -0.1) is 41.5 Å². The van der Waals surface area contributed by atoms with Crippen LogP contribution in [0.5, 0.6) is 0 Å². The molecule has 0 N–H and O–H groups in total. The van der Waals surface area contributed by atoms with Crippen LogP contribution >= 0.6 is 11.3 Å². The van der Waals surface area contributed by atoms with Gasteiger partial charge in [-0.1, -0.05) is 142 Å². The molecule has 0 aliphatic heterocycles. The summed E-state index contributed by atoms with van der Waals surface area (Å²) >= 11 is 1.61. The van der Waals surface area contributed by atoms with Crippen LogP contribution < -0.4 is 5.19 Å². The zero-order valence-corrected chi connectivity index (χ0v) is 34.5. The van der Waals surface area contributed by atoms with E-state index < -0.39 is 14.9 Å². The molecule has 0 aliphatic rings. The molecule has 1 radical (unpaired) electrons. The summed E-state index contributed by atoms with van der Waals surface area (Å²) in [4.78, 5) is 9.17. The van der Waals surface area contributed by atoms with E-state index in [0.717, 1.165) is 64.6 Å². The maximum Gasteiger partial charge on any atom is 0.121 e. The second-order valence-corrected chi connectivity index (χ2v) is 20.8. The van der Waals surface area contributed by atoms with E-state index in [1.54, 1.807) is 23.6 Å². The first-order chi connectivity index (χ1) is 26.3. The third-order valence-corrected chi connectivity index (χ3v) is 13.1. The molecule has 5 aromatic carbocycles. The van der Waals surface area contributed by atoms with Crippen molar-refractivity contribution in [1.82, 2.24) is 9.97 Å². The van der Waals surface area contributed by atoms with Gasteiger partial charge in [0.1, 0.15) is 5.58 Å². The molecule has 9 rings (SSSR count). The van der Waals surface area contributed by atoms with Crippen LogP contribution in [0.2, 0.25) is 19.6 Å². The summed E-state index contributed by atoms with van der Waals surface area (Å²) in [6.07, 6.45) is 3.76. The molecule has 4 heterocycles. The Hall–Kier alpha value is -4.71. The fourth-order valence-corrected chi connectivity index (χ4v) is 9.07. The molecule has 0 bridgehead atoms. The first kappa shape index (κ1) is 32.9. The van der Waals surface area contributed by atoms with Gasteiger partial charge in [-0.3, -0.25) is 0 Å². The maximum atomic E-state index is 7.95. The third kappa shape index (κ3) is 6.93. The predicted octanol–water partition coefficient (Wildman–Crippen LogP) is 12.5. The first-order valence-corrected chi connectivity index (χ1v) is 21.8. The molecule has 0 unspecified atom stereocenters. The van der Waals surface area contributed by atoms with Crippen LogP contribution in [0.15, 0.2) is 138 Å². The molecule has 0 fully saturated rings. The fourth-order valence-electron chi connectivity index (χ4n) is 6.80. The Morgan fingerprint density at radius 2 is 1.51 bits per heavy atom. The molecule has 6 heteroatoms. The summed E-state index contributed by atoms with van der Waals surface area (Å²) in [7, 11) is -1.42. The van der Waals surface area contributed by atoms with E-state index >= 15 is 0 Å². The number of aromatic nitrogens is 2. The number of nitrogens with zero attached hydrogens (tertiary/aromatic N) is 2. The van der Waals surface area contributed by atoms with Crippen LogP contribution in [0.25, 0.3) is 64.6 Å². The van der Waals surface area contributed by atoms with Crippen LogP contribution in [0, 0.1) is 19.0 Å². The number of furan rings is 1. The summed E-state index contributed by atoms with van der Waals surface area (Å²) in [5.41, 5.74) is 7.99. The van der Waals surface area contributed by atoms with E-state index in [2.05, 4.69) is 111 Å². The minimum atomic E-state index is -2.17. The van der Waals surface area contributed by atoms with E-state index in [4.69, 9.17) is 13.5 Å². The summed E-state index contributed by atoms with van der Waals surface area (Å²) in [5.74, 6) is 0. The monoisotopic (exact) mass is 904 g/mol. The van der Waals surface area contributed by atoms with Crippen molar-refractivity contribution in [2.75, 3.05) is 0 Å². The van der Waals surface area contributed by atoms with E-state index in [0.29, 0.717) is 5.56 Å². The summed E-state index contributed by atoms with van der Waals surface area (Å²) in [5, 5.41) is 5.31. The number of hydrogen-bond acceptors (Lipinski definition) is 4. The molecular weight excluding hydrogens is 861 g/mol. The van der Waals surface area contributed by atoms with Crippen molar-refractivity contribution < 1.29 is 28.6 Å². The predicted molar refractivity (Wildman–Crippen MR) is 223 cm³/mol. The van der Waals surface area contributed by atoms with Crippen LogP contribution in [-0.4, -0.2) is 18.0 Å². The minimum Gasteiger partial charge on any atom is -0.501 e. The van der Waals surface area contributed by atoms with E-state index in [1.165, 1.54) is 16.3 Å². The van der Waals surface area contributed by atoms with E-state index in [-0.39, 0.29) is 25.5 Å². The normalized spacial score (nSPS) is 12.9. The Balaban J connectivity index is 0.000000169. The van der Waals surface area contributed by atoms with E-state index in [9.17, 15) is 0 Å². The molecule has 0 amide bonds. The van der Waals surface area contributed by atoms with Crippen molar-refractivity contribution >= 4 is 66.7 Å². The van der Waals surface area contributed by atoms with Crippen molar-refractivity contribution in [2.24, 2.45) is 0 Å². The second-order valence-electron chi connectivity index (χ2n) is 14.7. The number of rotatable bonds is 5. The SMILES string of the molecule is CC(C)(c1ccccc1)c1ccc2c(c1)oc1c(-c3ccccn3)[c-]ccc12.[2H]C([2H])([2H])c1c[c-]c(-c2ccc([Si](C)(C)C)cn2)c2sc3ccccc3c12.[Ir]. The van der Waals surface area contributed by atoms with Crippen LogP contribution in [0.1, 0.15) is 34.7 Å². The van der Waals surface area contributed by atoms with Crippen molar-refractivity contribution in [2.45, 2.75) is 45.8 Å². The van der Waals surface area contributed by atoms with Gasteiger partial charge in [0.25, 0.3) is 0 Å². The number of benzene rings is 5. The van der Waals surface area contributed by atoms with Crippen molar-refractivity contribution in [1.29, 1.82) is 0 Å². The topological polar surface area (TPSA) is 38.9 Å². The average Bonchev–Trinajstić information content (AvgIpc) is 3.76. The molecule has 0 atom stereocenters. The number of aryl methyl sites for hydroxylation is 1. The standard InChI is InChI=1S/C26H20NO.C21H20NSSi.Ir/c1-26(2,18-9-4-3-5-10-18)19-14-15-20-21-11-8-12-22(23-13-6-7-16-27-23)25(21)28-24(20)17-19;1-14-9-11-16(18-12-10-15(13-22-18)24(2,3)4)21-20(14)17-7-5-6-8-19(17)23-21;/h3-11,13-17H,1-2H3;5-10,12-13H,1-4H3;/q2*-1;/i;1D3;. The molecule has 4 aromatic heterocycles. The molecule has 0 spiro atoms. The number of fused-ring (bicyclic) bond motifs is 6. The van der Waals surface area contributed by atoms with Crippen LogP contribution in [-0.2, 0) is 25.5 Å². The van der Waals surface area contributed by atoms with Crippen LogP contribution in [0.4, 0.5) is 0 Å². The zero-order chi connectivity index (χ0) is 38.5. The molecule has 3 nitrogen and oxygen atoms in total. The van der Waals surface area contributed by atoms with Crippen LogP contribution in [0.3, 0.4) is 0 Å². The molecule has 0 aliphatic carbocycles. The third-order valence-electron chi connectivity index (χ3n) is 9.91. The van der Waals surface area contributed by atoms with Gasteiger partial charge in [0.05, 0.1) is 13.7 Å². The smallest absolute Gasteiger partial charge is 0.121 e. The van der Waals surface area contributed by atoms with Crippen molar-refractivity contribution in [3.63, 3.8) is 0 Å². The number of thiophene rings is 1. The molecule has 0 saturated heterocycles. The number of hydrogen-bond donors (Lipinski definition) is 0. The summed E-state index contributed by atoms with van der Waals surface area (Å²) < 4.78 is 32.2. The Labute approximate surface area is 334 Å². The quantitative estimate of drug-likeness (QED) is 0.128. The van der Waals surface area contributed by atoms with Gasteiger partial charge in [0.15, 0.2) is 0 Å². The largest absolute Gasteiger partial charge is 0.501 e. The van der Waals surface area contributed by atoms with Gasteiger partial charge < -0.3 is 14.4 Å². The van der Waals surface area contributed by atoms with Gasteiger partial charge in [0, 0.05) is 52.1 Å². The molecular formula is C47H40IrN2OSSi-2. The Bertz CT molecular complexity index is 2810. The zero-order valence-electron chi connectivity index (χ0n) is 33.2. The molecule has 53 heavy (non-hydrogen) atoms. The summed E-state index contributed by atoms with van der Waals surface area (Å²) in [6, 6.07) is 47.3. The number of pyridine rings is 2. The van der Waals surface area contributed by atoms with Crippen molar-refractivity contribution in [3.05, 3.63) is 163 Å². The minimum absolute atomic E-state index is 0. The van der Waals surface area contributed by atoms with Gasteiger partial charge in [-0.2, -0.15) is 11.3 Å². The Morgan fingerprint density at radius 1 is 0.736 bits per heavy atom. The molecule has 9 aromatic rings. The fraction of sp³-hybridized carbons (Fsp3) is 0.149. The first-order valence-electron chi connectivity index (χ1n) is 19.0. The van der Waals surface area contributed by atoms with Gasteiger partial charge in [-0.25, -0.2) is 0 Å².